The molecule has 6 aliphatic rings. The van der Waals surface area contributed by atoms with Gasteiger partial charge in [-0.3, -0.25) is 4.79 Å². The Labute approximate surface area is 243 Å². The number of aliphatic hydroxyl groups excluding tert-OH is 1. The van der Waals surface area contributed by atoms with Crippen LogP contribution in [0.1, 0.15) is 85.5 Å². The predicted octanol–water partition coefficient (Wildman–Crippen LogP) is 3.68. The van der Waals surface area contributed by atoms with Crippen LogP contribution < -0.4 is 0 Å². The van der Waals surface area contributed by atoms with Gasteiger partial charge in [0.1, 0.15) is 18.8 Å². The van der Waals surface area contributed by atoms with E-state index >= 15 is 0 Å². The van der Waals surface area contributed by atoms with Crippen LogP contribution in [0.4, 0.5) is 0 Å². The fourth-order valence-electron chi connectivity index (χ4n) is 10.4. The number of carbonyl (C=O) groups is 2. The molecule has 5 fully saturated rings. The lowest BCUT2D eigenvalue weighted by molar-refractivity contribution is -0.273. The highest BCUT2D eigenvalue weighted by atomic mass is 16.7. The molecule has 1 saturated heterocycles. The summed E-state index contributed by atoms with van der Waals surface area (Å²) in [6, 6.07) is 0. The number of esters is 2. The first-order valence-electron chi connectivity index (χ1n) is 15.7. The molecular formula is C32H48O9. The van der Waals surface area contributed by atoms with Crippen LogP contribution >= 0.6 is 0 Å². The zero-order valence-electron chi connectivity index (χ0n) is 25.2. The Morgan fingerprint density at radius 2 is 1.85 bits per heavy atom. The van der Waals surface area contributed by atoms with Crippen LogP contribution in [0.15, 0.2) is 11.6 Å². The molecule has 0 bridgehead atoms. The highest BCUT2D eigenvalue weighted by Crippen LogP contribution is 2.70. The number of fused-ring (bicyclic) bond motifs is 5. The molecule has 0 amide bonds. The van der Waals surface area contributed by atoms with Crippen molar-refractivity contribution in [2.75, 3.05) is 13.7 Å². The molecule has 4 aliphatic carbocycles. The largest absolute Gasteiger partial charge is 0.462 e. The van der Waals surface area contributed by atoms with Crippen molar-refractivity contribution in [1.29, 1.82) is 0 Å². The van der Waals surface area contributed by atoms with Crippen molar-refractivity contribution in [3.05, 3.63) is 11.6 Å². The van der Waals surface area contributed by atoms with E-state index in [1.54, 1.807) is 13.2 Å². The van der Waals surface area contributed by atoms with Gasteiger partial charge in [-0.2, -0.15) is 0 Å². The molecule has 2 unspecified atom stereocenters. The summed E-state index contributed by atoms with van der Waals surface area (Å²) in [6.45, 7) is 8.06. The maximum Gasteiger partial charge on any atom is 0.331 e. The summed E-state index contributed by atoms with van der Waals surface area (Å²) in [6.07, 6.45) is 7.14. The van der Waals surface area contributed by atoms with Crippen LogP contribution in [0.2, 0.25) is 0 Å². The molecule has 0 aromatic heterocycles. The third kappa shape index (κ3) is 4.69. The number of methoxy groups -OCH3 is 1. The molecule has 9 nitrogen and oxygen atoms in total. The molecule has 6 rings (SSSR count). The first-order valence-corrected chi connectivity index (χ1v) is 15.7. The summed E-state index contributed by atoms with van der Waals surface area (Å²) in [7, 11) is 1.62. The quantitative estimate of drug-likeness (QED) is 0.373. The minimum Gasteiger partial charge on any atom is -0.462 e. The van der Waals surface area contributed by atoms with E-state index < -0.39 is 23.2 Å². The van der Waals surface area contributed by atoms with Crippen LogP contribution in [0.3, 0.4) is 0 Å². The molecule has 9 heteroatoms. The van der Waals surface area contributed by atoms with Gasteiger partial charge in [-0.05, 0) is 80.6 Å². The van der Waals surface area contributed by atoms with Crippen LogP contribution in [0.5, 0.6) is 0 Å². The lowest BCUT2D eigenvalue weighted by atomic mass is 9.43. The minimum atomic E-state index is -0.990. The second-order valence-electron chi connectivity index (χ2n) is 14.3. The van der Waals surface area contributed by atoms with Gasteiger partial charge in [-0.15, -0.1) is 0 Å². The molecule has 0 spiro atoms. The highest BCUT2D eigenvalue weighted by molar-refractivity contribution is 5.85. The number of carbonyl (C=O) groups excluding carboxylic acids is 2. The van der Waals surface area contributed by atoms with Crippen molar-refractivity contribution in [3.63, 3.8) is 0 Å². The molecule has 0 aromatic carbocycles. The first kappa shape index (κ1) is 29.5. The van der Waals surface area contributed by atoms with E-state index in [1.165, 1.54) is 6.92 Å². The van der Waals surface area contributed by atoms with Crippen molar-refractivity contribution in [2.24, 2.45) is 34.5 Å². The Hall–Kier alpha value is -1.52. The number of rotatable bonds is 5. The van der Waals surface area contributed by atoms with Crippen molar-refractivity contribution < 1.29 is 43.5 Å². The Morgan fingerprint density at radius 3 is 2.54 bits per heavy atom. The minimum absolute atomic E-state index is 0.0898. The van der Waals surface area contributed by atoms with Gasteiger partial charge in [0.2, 0.25) is 0 Å². The number of cyclic esters (lactones) is 1. The number of ether oxygens (including phenoxy) is 5. The fraction of sp³-hybridized carbons (Fsp3) is 0.875. The van der Waals surface area contributed by atoms with Gasteiger partial charge in [-0.25, -0.2) is 4.79 Å². The van der Waals surface area contributed by atoms with E-state index in [2.05, 4.69) is 13.8 Å². The lowest BCUT2D eigenvalue weighted by Gasteiger charge is -2.63. The molecule has 2 N–H and O–H groups in total. The Morgan fingerprint density at radius 1 is 1.07 bits per heavy atom. The molecule has 13 atom stereocenters. The maximum atomic E-state index is 12.7. The van der Waals surface area contributed by atoms with E-state index in [0.717, 1.165) is 50.5 Å². The van der Waals surface area contributed by atoms with Gasteiger partial charge in [-0.1, -0.05) is 13.8 Å². The van der Waals surface area contributed by atoms with E-state index in [9.17, 15) is 19.8 Å². The van der Waals surface area contributed by atoms with E-state index in [1.807, 2.05) is 6.92 Å². The molecule has 4 saturated carbocycles. The SMILES string of the molecule is CO[C@H]1CC(O[C@H]2CC[C@@]3(C)C(CC[C@@H]4[C@@H]3CC[C@]3(C)[C@@H](C5=CC(=O)OC5)[C@@H](OC(C)=O)C[C@]43O)C2)O[C@@H](C)[C@@H]1O. The Bertz CT molecular complexity index is 1080. The molecule has 0 radical (unpaired) electrons. The Kier molecular flexibility index (Phi) is 7.62. The zero-order valence-corrected chi connectivity index (χ0v) is 25.2. The van der Waals surface area contributed by atoms with Gasteiger partial charge in [0.15, 0.2) is 6.29 Å². The molecule has 230 valence electrons. The van der Waals surface area contributed by atoms with Gasteiger partial charge >= 0.3 is 11.9 Å². The number of hydrogen-bond donors (Lipinski definition) is 2. The molecule has 2 heterocycles. The summed E-state index contributed by atoms with van der Waals surface area (Å²) in [4.78, 5) is 24.2. The van der Waals surface area contributed by atoms with E-state index in [-0.39, 0.29) is 60.4 Å². The average molecular weight is 577 g/mol. The zero-order chi connectivity index (χ0) is 29.3. The van der Waals surface area contributed by atoms with Crippen molar-refractivity contribution in [3.8, 4) is 0 Å². The average Bonchev–Trinajstić information content (AvgIpc) is 3.42. The fourth-order valence-corrected chi connectivity index (χ4v) is 10.4. The smallest absolute Gasteiger partial charge is 0.331 e. The van der Waals surface area contributed by atoms with Crippen molar-refractivity contribution >= 4 is 11.9 Å². The van der Waals surface area contributed by atoms with Gasteiger partial charge in [0.05, 0.1) is 23.9 Å². The lowest BCUT2D eigenvalue weighted by Crippen LogP contribution is -2.62. The van der Waals surface area contributed by atoms with Crippen LogP contribution in [0, 0.1) is 34.5 Å². The molecule has 41 heavy (non-hydrogen) atoms. The molecule has 2 aliphatic heterocycles. The standard InChI is InChI=1S/C32H48O9/c1-17-29(35)24(37-5)14-27(39-17)41-21-8-10-30(3)20(13-21)6-7-23-22(30)9-11-31(4)28(19-12-26(34)38-16-19)25(40-18(2)33)15-32(23,31)36/h12,17,20-25,27-29,35-36H,6-11,13-16H2,1-5H3/t17-,20?,21-,22-,23+,24-,25-,27?,28-,29-,30-,31+,32-/m0/s1. The summed E-state index contributed by atoms with van der Waals surface area (Å²) in [5, 5.41) is 23.0. The third-order valence-electron chi connectivity index (χ3n) is 12.5. The molecular weight excluding hydrogens is 528 g/mol. The number of aliphatic hydroxyl groups is 2. The van der Waals surface area contributed by atoms with Crippen LogP contribution in [0.25, 0.3) is 0 Å². The monoisotopic (exact) mass is 576 g/mol. The second-order valence-corrected chi connectivity index (χ2v) is 14.3. The normalized spacial score (nSPS) is 51.2. The highest BCUT2D eigenvalue weighted by Gasteiger charge is 2.71. The van der Waals surface area contributed by atoms with Gasteiger partial charge in [0, 0.05) is 44.3 Å². The van der Waals surface area contributed by atoms with Crippen molar-refractivity contribution in [1.82, 2.24) is 0 Å². The summed E-state index contributed by atoms with van der Waals surface area (Å²) >= 11 is 0. The predicted molar refractivity (Wildman–Crippen MR) is 147 cm³/mol. The molecule has 0 aromatic rings. The Balaban J connectivity index is 1.19. The second kappa shape index (κ2) is 10.6. The van der Waals surface area contributed by atoms with Gasteiger partial charge < -0.3 is 33.9 Å². The van der Waals surface area contributed by atoms with E-state index in [0.29, 0.717) is 24.7 Å². The summed E-state index contributed by atoms with van der Waals surface area (Å²) in [5.74, 6) is 0.0175. The van der Waals surface area contributed by atoms with Crippen molar-refractivity contribution in [2.45, 2.75) is 128 Å². The van der Waals surface area contributed by atoms with Gasteiger partial charge in [0.25, 0.3) is 0 Å². The summed E-state index contributed by atoms with van der Waals surface area (Å²) < 4.78 is 29.1. The third-order valence-corrected chi connectivity index (χ3v) is 12.5. The summed E-state index contributed by atoms with van der Waals surface area (Å²) in [5.41, 5.74) is -0.559. The van der Waals surface area contributed by atoms with Crippen LogP contribution in [-0.4, -0.2) is 78.3 Å². The van der Waals surface area contributed by atoms with E-state index in [4.69, 9.17) is 23.7 Å². The van der Waals surface area contributed by atoms with Crippen LogP contribution in [-0.2, 0) is 33.3 Å². The maximum absolute atomic E-state index is 12.7. The first-order chi connectivity index (χ1) is 19.4. The number of hydrogen-bond acceptors (Lipinski definition) is 9. The topological polar surface area (TPSA) is 121 Å².